The molecule has 0 spiro atoms. The lowest BCUT2D eigenvalue weighted by atomic mass is 10.0. The van der Waals surface area contributed by atoms with Gasteiger partial charge in [-0.05, 0) is 12.8 Å². The summed E-state index contributed by atoms with van der Waals surface area (Å²) in [7, 11) is -4.69. The van der Waals surface area contributed by atoms with E-state index in [0.717, 1.165) is 38.5 Å². The summed E-state index contributed by atoms with van der Waals surface area (Å²) in [5.41, 5.74) is 0. The van der Waals surface area contributed by atoms with E-state index in [1.807, 2.05) is 0 Å². The van der Waals surface area contributed by atoms with Crippen LogP contribution in [0.25, 0.3) is 0 Å². The molecular formula is C42H86NO6P. The van der Waals surface area contributed by atoms with E-state index in [9.17, 15) is 24.3 Å². The molecule has 0 aliphatic rings. The smallest absolute Gasteiger partial charge is 0.391 e. The first-order chi connectivity index (χ1) is 24.3. The van der Waals surface area contributed by atoms with Crippen LogP contribution in [0.2, 0.25) is 0 Å². The van der Waals surface area contributed by atoms with Crippen LogP contribution >= 0.6 is 7.82 Å². The Hall–Kier alpha value is -0.460. The van der Waals surface area contributed by atoms with Gasteiger partial charge in [-0.25, -0.2) is 4.57 Å². The van der Waals surface area contributed by atoms with Gasteiger partial charge in [0.05, 0.1) is 18.8 Å². The highest BCUT2D eigenvalue weighted by molar-refractivity contribution is 7.46. The van der Waals surface area contributed by atoms with Crippen molar-refractivity contribution in [2.75, 3.05) is 6.61 Å². The fraction of sp³-hybridized carbons (Fsp3) is 0.976. The van der Waals surface area contributed by atoms with E-state index in [0.29, 0.717) is 12.8 Å². The van der Waals surface area contributed by atoms with Crippen LogP contribution in [0.3, 0.4) is 0 Å². The lowest BCUT2D eigenvalue weighted by molar-refractivity contribution is -0.123. The number of aliphatic hydroxyl groups excluding tert-OH is 1. The van der Waals surface area contributed by atoms with E-state index in [1.54, 1.807) is 0 Å². The van der Waals surface area contributed by atoms with Crippen molar-refractivity contribution in [1.29, 1.82) is 0 Å². The normalized spacial score (nSPS) is 13.1. The van der Waals surface area contributed by atoms with Crippen LogP contribution in [-0.2, 0) is 13.9 Å². The topological polar surface area (TPSA) is 116 Å². The number of hydrogen-bond acceptors (Lipinski definition) is 4. The van der Waals surface area contributed by atoms with Gasteiger partial charge in [-0.1, -0.05) is 226 Å². The molecule has 0 aliphatic carbocycles. The summed E-state index contributed by atoms with van der Waals surface area (Å²) in [6.07, 6.45) is 43.7. The van der Waals surface area contributed by atoms with Crippen LogP contribution in [-0.4, -0.2) is 39.6 Å². The maximum Gasteiger partial charge on any atom is 0.469 e. The summed E-state index contributed by atoms with van der Waals surface area (Å²) in [6, 6.07) is -0.818. The predicted molar refractivity (Wildman–Crippen MR) is 213 cm³/mol. The Bertz CT molecular complexity index is 748. The minimum atomic E-state index is -4.69. The zero-order valence-corrected chi connectivity index (χ0v) is 34.2. The van der Waals surface area contributed by atoms with E-state index in [2.05, 4.69) is 23.7 Å². The van der Waals surface area contributed by atoms with Crippen molar-refractivity contribution in [3.05, 3.63) is 0 Å². The average molecular weight is 732 g/mol. The molecule has 4 N–H and O–H groups in total. The van der Waals surface area contributed by atoms with Crippen molar-refractivity contribution in [3.63, 3.8) is 0 Å². The molecule has 0 fully saturated rings. The van der Waals surface area contributed by atoms with Gasteiger partial charge in [-0.3, -0.25) is 9.32 Å². The number of nitrogens with one attached hydrogen (secondary N) is 1. The van der Waals surface area contributed by atoms with Crippen molar-refractivity contribution in [1.82, 2.24) is 5.32 Å². The molecule has 0 rings (SSSR count). The van der Waals surface area contributed by atoms with Gasteiger partial charge in [0.15, 0.2) is 0 Å². The molecule has 0 aromatic heterocycles. The minimum Gasteiger partial charge on any atom is -0.391 e. The van der Waals surface area contributed by atoms with Crippen LogP contribution in [0.1, 0.15) is 245 Å². The Labute approximate surface area is 310 Å². The first-order valence-electron chi connectivity index (χ1n) is 22.0. The third kappa shape index (κ3) is 38.8. The third-order valence-corrected chi connectivity index (χ3v) is 10.8. The van der Waals surface area contributed by atoms with Crippen molar-refractivity contribution in [3.8, 4) is 0 Å². The SMILES string of the molecule is CCCCCCCCCCCCCCCCCCCCC(=O)N[C@@H](COP(=O)(O)O)[C@H](O)CCCCCCCCCCCCCCCCCC. The largest absolute Gasteiger partial charge is 0.469 e. The van der Waals surface area contributed by atoms with Crippen LogP contribution in [0.15, 0.2) is 0 Å². The number of hydrogen-bond donors (Lipinski definition) is 4. The molecule has 0 unspecified atom stereocenters. The minimum absolute atomic E-state index is 0.188. The van der Waals surface area contributed by atoms with E-state index in [4.69, 9.17) is 0 Å². The zero-order chi connectivity index (χ0) is 36.8. The number of phosphoric ester groups is 1. The van der Waals surface area contributed by atoms with Gasteiger partial charge in [-0.15, -0.1) is 0 Å². The van der Waals surface area contributed by atoms with Crippen molar-refractivity contribution < 1.29 is 28.8 Å². The summed E-state index contributed by atoms with van der Waals surface area (Å²) in [5, 5.41) is 13.5. The highest BCUT2D eigenvalue weighted by atomic mass is 31.2. The fourth-order valence-corrected chi connectivity index (χ4v) is 7.35. The number of carbonyl (C=O) groups excluding carboxylic acids is 1. The van der Waals surface area contributed by atoms with E-state index < -0.39 is 26.6 Å². The van der Waals surface area contributed by atoms with Gasteiger partial charge in [0.2, 0.25) is 5.91 Å². The highest BCUT2D eigenvalue weighted by Crippen LogP contribution is 2.36. The molecule has 0 heterocycles. The van der Waals surface area contributed by atoms with Gasteiger partial charge in [0.25, 0.3) is 0 Å². The van der Waals surface area contributed by atoms with Gasteiger partial charge < -0.3 is 20.2 Å². The van der Waals surface area contributed by atoms with E-state index in [1.165, 1.54) is 180 Å². The molecule has 0 aromatic carbocycles. The molecule has 0 radical (unpaired) electrons. The first-order valence-corrected chi connectivity index (χ1v) is 23.5. The van der Waals surface area contributed by atoms with Crippen molar-refractivity contribution >= 4 is 13.7 Å². The summed E-state index contributed by atoms with van der Waals surface area (Å²) < 4.78 is 16.0. The number of carbonyl (C=O) groups is 1. The molecular weight excluding hydrogens is 645 g/mol. The number of phosphoric acid groups is 1. The van der Waals surface area contributed by atoms with Crippen LogP contribution in [0, 0.1) is 0 Å². The Morgan fingerprint density at radius 3 is 1.08 bits per heavy atom. The molecule has 2 atom stereocenters. The highest BCUT2D eigenvalue weighted by Gasteiger charge is 2.25. The average Bonchev–Trinajstić information content (AvgIpc) is 3.08. The van der Waals surface area contributed by atoms with Crippen LogP contribution < -0.4 is 5.32 Å². The summed E-state index contributed by atoms with van der Waals surface area (Å²) in [6.45, 7) is 4.15. The lowest BCUT2D eigenvalue weighted by Gasteiger charge is -2.24. The Kier molecular flexibility index (Phi) is 37.9. The Balaban J connectivity index is 3.85. The fourth-order valence-electron chi connectivity index (χ4n) is 7.00. The summed E-state index contributed by atoms with van der Waals surface area (Å²) >= 11 is 0. The molecule has 0 saturated carbocycles. The first kappa shape index (κ1) is 49.5. The molecule has 50 heavy (non-hydrogen) atoms. The van der Waals surface area contributed by atoms with Crippen molar-refractivity contribution in [2.24, 2.45) is 0 Å². The predicted octanol–water partition coefficient (Wildman–Crippen LogP) is 13.0. The second-order valence-electron chi connectivity index (χ2n) is 15.4. The van der Waals surface area contributed by atoms with Gasteiger partial charge >= 0.3 is 7.82 Å². The molecule has 300 valence electrons. The number of aliphatic hydroxyl groups is 1. The standard InChI is InChI=1S/C42H86NO6P/c1-3-5-7-9-11-13-15-17-19-21-22-24-26-28-30-32-34-36-38-42(45)43-40(39-49-50(46,47)48)41(44)37-35-33-31-29-27-25-23-20-18-16-14-12-10-8-6-4-2/h40-41,44H,3-39H2,1-2H3,(H,43,45)(H2,46,47,48)/t40-,41+/m0/s1. The second-order valence-corrected chi connectivity index (χ2v) is 16.6. The van der Waals surface area contributed by atoms with Gasteiger partial charge in [0, 0.05) is 6.42 Å². The zero-order valence-electron chi connectivity index (χ0n) is 33.3. The molecule has 7 nitrogen and oxygen atoms in total. The maximum absolute atomic E-state index is 12.6. The third-order valence-electron chi connectivity index (χ3n) is 10.3. The molecule has 8 heteroatoms. The number of rotatable bonds is 41. The summed E-state index contributed by atoms with van der Waals surface area (Å²) in [4.78, 5) is 31.0. The molecule has 0 aliphatic heterocycles. The number of unbranched alkanes of at least 4 members (excludes halogenated alkanes) is 32. The quantitative estimate of drug-likeness (QED) is 0.0367. The Morgan fingerprint density at radius 2 is 0.780 bits per heavy atom. The van der Waals surface area contributed by atoms with E-state index in [-0.39, 0.29) is 5.91 Å². The van der Waals surface area contributed by atoms with Gasteiger partial charge in [-0.2, -0.15) is 0 Å². The maximum atomic E-state index is 12.6. The molecule has 1 amide bonds. The molecule has 0 saturated heterocycles. The Morgan fingerprint density at radius 1 is 0.500 bits per heavy atom. The molecule has 0 aromatic rings. The molecule has 0 bridgehead atoms. The monoisotopic (exact) mass is 732 g/mol. The number of amides is 1. The van der Waals surface area contributed by atoms with Crippen LogP contribution in [0.4, 0.5) is 0 Å². The van der Waals surface area contributed by atoms with Gasteiger partial charge in [0.1, 0.15) is 0 Å². The lowest BCUT2D eigenvalue weighted by Crippen LogP contribution is -2.46. The second kappa shape index (κ2) is 38.3. The van der Waals surface area contributed by atoms with Crippen molar-refractivity contribution in [2.45, 2.75) is 257 Å². The summed E-state index contributed by atoms with van der Waals surface area (Å²) in [5.74, 6) is -0.188. The van der Waals surface area contributed by atoms with E-state index >= 15 is 0 Å². The van der Waals surface area contributed by atoms with Crippen LogP contribution in [0.5, 0.6) is 0 Å².